The van der Waals surface area contributed by atoms with Crippen LogP contribution in [0.3, 0.4) is 0 Å². The van der Waals surface area contributed by atoms with Crippen LogP contribution in [0.15, 0.2) is 54.6 Å². The number of carbonyl (C=O) groups excluding carboxylic acids is 2. The Balaban J connectivity index is 2.22. The lowest BCUT2D eigenvalue weighted by Crippen LogP contribution is -2.10. The highest BCUT2D eigenvalue weighted by Gasteiger charge is 1.99. The van der Waals surface area contributed by atoms with Crippen molar-refractivity contribution in [2.45, 2.75) is 12.8 Å². The first-order chi connectivity index (χ1) is 9.22. The summed E-state index contributed by atoms with van der Waals surface area (Å²) in [5.41, 5.74) is 0.794. The monoisotopic (exact) mass is 259 g/mol. The van der Waals surface area contributed by atoms with Gasteiger partial charge >= 0.3 is 5.97 Å². The van der Waals surface area contributed by atoms with Crippen LogP contribution in [0, 0.1) is 0 Å². The molecule has 0 atom stereocenters. The summed E-state index contributed by atoms with van der Waals surface area (Å²) in [7, 11) is 1.32. The van der Waals surface area contributed by atoms with Crippen molar-refractivity contribution in [2.24, 2.45) is 0 Å². The van der Waals surface area contributed by atoms with Crippen LogP contribution in [0.4, 0.5) is 5.69 Å². The summed E-state index contributed by atoms with van der Waals surface area (Å²) in [6.07, 6.45) is 7.46. The molecule has 19 heavy (non-hydrogen) atoms. The fourth-order valence-corrected chi connectivity index (χ4v) is 1.34. The van der Waals surface area contributed by atoms with E-state index in [2.05, 4.69) is 10.1 Å². The first kappa shape index (κ1) is 14.7. The molecule has 0 bridgehead atoms. The molecule has 0 aromatic heterocycles. The topological polar surface area (TPSA) is 55.4 Å². The predicted molar refractivity (Wildman–Crippen MR) is 74.6 cm³/mol. The first-order valence-corrected chi connectivity index (χ1v) is 5.98. The molecule has 100 valence electrons. The minimum absolute atomic E-state index is 0.0344. The van der Waals surface area contributed by atoms with Gasteiger partial charge in [-0.15, -0.1) is 0 Å². The third-order valence-corrected chi connectivity index (χ3v) is 2.28. The van der Waals surface area contributed by atoms with E-state index in [1.165, 1.54) is 13.2 Å². The molecule has 1 aromatic rings. The van der Waals surface area contributed by atoms with E-state index < -0.39 is 5.97 Å². The first-order valence-electron chi connectivity index (χ1n) is 5.98. The predicted octanol–water partition coefficient (Wildman–Crippen LogP) is 2.69. The van der Waals surface area contributed by atoms with Gasteiger partial charge in [-0.25, -0.2) is 4.79 Å². The van der Waals surface area contributed by atoms with Crippen LogP contribution in [0.2, 0.25) is 0 Å². The smallest absolute Gasteiger partial charge is 0.330 e. The summed E-state index contributed by atoms with van der Waals surface area (Å²) >= 11 is 0. The van der Waals surface area contributed by atoms with Crippen molar-refractivity contribution in [3.63, 3.8) is 0 Å². The fraction of sp³-hybridized carbons (Fsp3) is 0.200. The number of nitrogens with one attached hydrogen (secondary N) is 1. The SMILES string of the molecule is COC(=O)C=CC=CCCC(=O)Nc1ccccc1. The normalized spacial score (nSPS) is 10.8. The summed E-state index contributed by atoms with van der Waals surface area (Å²) in [6, 6.07) is 9.31. The molecule has 0 saturated carbocycles. The minimum atomic E-state index is -0.397. The Morgan fingerprint density at radius 1 is 1.21 bits per heavy atom. The van der Waals surface area contributed by atoms with Crippen molar-refractivity contribution >= 4 is 17.6 Å². The molecule has 0 aliphatic rings. The molecule has 1 rings (SSSR count). The highest BCUT2D eigenvalue weighted by atomic mass is 16.5. The Labute approximate surface area is 112 Å². The van der Waals surface area contributed by atoms with Crippen LogP contribution in [-0.2, 0) is 14.3 Å². The zero-order valence-corrected chi connectivity index (χ0v) is 10.8. The molecule has 0 heterocycles. The second-order valence-electron chi connectivity index (χ2n) is 3.76. The van der Waals surface area contributed by atoms with Crippen LogP contribution < -0.4 is 5.32 Å². The number of rotatable bonds is 6. The lowest BCUT2D eigenvalue weighted by Gasteiger charge is -2.02. The van der Waals surface area contributed by atoms with E-state index in [1.54, 1.807) is 12.2 Å². The van der Waals surface area contributed by atoms with Gasteiger partial charge in [-0.2, -0.15) is 0 Å². The largest absolute Gasteiger partial charge is 0.466 e. The van der Waals surface area contributed by atoms with Gasteiger partial charge in [-0.05, 0) is 18.6 Å². The number of hydrogen-bond donors (Lipinski definition) is 1. The number of carbonyl (C=O) groups is 2. The Kier molecular flexibility index (Phi) is 6.72. The number of anilines is 1. The number of methoxy groups -OCH3 is 1. The molecule has 0 saturated heterocycles. The molecule has 0 aliphatic carbocycles. The zero-order chi connectivity index (χ0) is 13.9. The van der Waals surface area contributed by atoms with Crippen molar-refractivity contribution in [2.75, 3.05) is 12.4 Å². The molecule has 4 heteroatoms. The molecular formula is C15H17NO3. The van der Waals surface area contributed by atoms with Gasteiger partial charge in [0, 0.05) is 18.2 Å². The van der Waals surface area contributed by atoms with Crippen LogP contribution in [0.5, 0.6) is 0 Å². The maximum Gasteiger partial charge on any atom is 0.330 e. The van der Waals surface area contributed by atoms with Gasteiger partial charge < -0.3 is 10.1 Å². The van der Waals surface area contributed by atoms with E-state index in [-0.39, 0.29) is 5.91 Å². The van der Waals surface area contributed by atoms with Gasteiger partial charge in [0.1, 0.15) is 0 Å². The van der Waals surface area contributed by atoms with Crippen LogP contribution in [-0.4, -0.2) is 19.0 Å². The summed E-state index contributed by atoms with van der Waals surface area (Å²) in [6.45, 7) is 0. The van der Waals surface area contributed by atoms with Gasteiger partial charge in [0.25, 0.3) is 0 Å². The number of para-hydroxylation sites is 1. The van der Waals surface area contributed by atoms with E-state index >= 15 is 0 Å². The number of hydrogen-bond acceptors (Lipinski definition) is 3. The third kappa shape index (κ3) is 6.83. The number of allylic oxidation sites excluding steroid dienone is 3. The van der Waals surface area contributed by atoms with E-state index in [4.69, 9.17) is 0 Å². The molecule has 1 aromatic carbocycles. The van der Waals surface area contributed by atoms with E-state index in [1.807, 2.05) is 36.4 Å². The standard InChI is InChI=1S/C15H17NO3/c1-19-15(18)12-8-3-2-7-11-14(17)16-13-9-5-4-6-10-13/h2-6,8-10,12H,7,11H2,1H3,(H,16,17). The van der Waals surface area contributed by atoms with Gasteiger partial charge in [-0.3, -0.25) is 4.79 Å². The second kappa shape index (κ2) is 8.69. The van der Waals surface area contributed by atoms with E-state index in [9.17, 15) is 9.59 Å². The van der Waals surface area contributed by atoms with Gasteiger partial charge in [0.2, 0.25) is 5.91 Å². The summed E-state index contributed by atoms with van der Waals surface area (Å²) < 4.78 is 4.44. The molecule has 0 aliphatic heterocycles. The Morgan fingerprint density at radius 2 is 1.95 bits per heavy atom. The lowest BCUT2D eigenvalue weighted by molar-refractivity contribution is -0.134. The quantitative estimate of drug-likeness (QED) is 0.485. The van der Waals surface area contributed by atoms with Crippen molar-refractivity contribution in [3.8, 4) is 0 Å². The zero-order valence-electron chi connectivity index (χ0n) is 10.8. The van der Waals surface area contributed by atoms with E-state index in [0.717, 1.165) is 5.69 Å². The lowest BCUT2D eigenvalue weighted by atomic mass is 10.2. The van der Waals surface area contributed by atoms with Gasteiger partial charge in [0.15, 0.2) is 0 Å². The summed E-state index contributed by atoms with van der Waals surface area (Å²) in [5, 5.41) is 2.80. The van der Waals surface area contributed by atoms with Crippen molar-refractivity contribution < 1.29 is 14.3 Å². The molecular weight excluding hydrogens is 242 g/mol. The highest BCUT2D eigenvalue weighted by Crippen LogP contribution is 2.06. The molecule has 0 spiro atoms. The molecule has 4 nitrogen and oxygen atoms in total. The molecule has 0 radical (unpaired) electrons. The van der Waals surface area contributed by atoms with Crippen LogP contribution >= 0.6 is 0 Å². The molecule has 0 unspecified atom stereocenters. The van der Waals surface area contributed by atoms with E-state index in [0.29, 0.717) is 12.8 Å². The van der Waals surface area contributed by atoms with Crippen molar-refractivity contribution in [1.82, 2.24) is 0 Å². The molecule has 0 fully saturated rings. The van der Waals surface area contributed by atoms with Gasteiger partial charge in [0.05, 0.1) is 7.11 Å². The number of amides is 1. The Bertz CT molecular complexity index is 464. The maximum atomic E-state index is 11.6. The third-order valence-electron chi connectivity index (χ3n) is 2.28. The average Bonchev–Trinajstić information content (AvgIpc) is 2.43. The Hall–Kier alpha value is -2.36. The molecule has 1 amide bonds. The maximum absolute atomic E-state index is 11.6. The Morgan fingerprint density at radius 3 is 2.63 bits per heavy atom. The fourth-order valence-electron chi connectivity index (χ4n) is 1.34. The highest BCUT2D eigenvalue weighted by molar-refractivity contribution is 5.90. The summed E-state index contributed by atoms with van der Waals surface area (Å²) in [5.74, 6) is -0.431. The van der Waals surface area contributed by atoms with Crippen molar-refractivity contribution in [1.29, 1.82) is 0 Å². The van der Waals surface area contributed by atoms with Crippen LogP contribution in [0.25, 0.3) is 0 Å². The average molecular weight is 259 g/mol. The molecule has 1 N–H and O–H groups in total. The van der Waals surface area contributed by atoms with Gasteiger partial charge in [-0.1, -0.05) is 36.4 Å². The van der Waals surface area contributed by atoms with Crippen LogP contribution in [0.1, 0.15) is 12.8 Å². The second-order valence-corrected chi connectivity index (χ2v) is 3.76. The van der Waals surface area contributed by atoms with Crippen molar-refractivity contribution in [3.05, 3.63) is 54.6 Å². The number of esters is 1. The number of ether oxygens (including phenoxy) is 1. The summed E-state index contributed by atoms with van der Waals surface area (Å²) in [4.78, 5) is 22.3. The number of benzene rings is 1. The minimum Gasteiger partial charge on any atom is -0.466 e.